The second-order valence-corrected chi connectivity index (χ2v) is 4.00. The lowest BCUT2D eigenvalue weighted by atomic mass is 10.2. The average Bonchev–Trinajstić information content (AvgIpc) is 2.61. The van der Waals surface area contributed by atoms with Crippen molar-refractivity contribution in [3.8, 4) is 23.0 Å². The first kappa shape index (κ1) is 7.88. The molecule has 2 aromatic rings. The van der Waals surface area contributed by atoms with Crippen LogP contribution in [0.2, 0.25) is 0 Å². The van der Waals surface area contributed by atoms with Gasteiger partial charge in [-0.3, -0.25) is 0 Å². The normalized spacial score (nSPS) is 12.4. The summed E-state index contributed by atoms with van der Waals surface area (Å²) in [6.07, 6.45) is 0. The van der Waals surface area contributed by atoms with Gasteiger partial charge in [-0.05, 0) is 24.6 Å². The van der Waals surface area contributed by atoms with Crippen LogP contribution in [0.15, 0.2) is 29.0 Å². The summed E-state index contributed by atoms with van der Waals surface area (Å²) in [5.41, 5.74) is 1.17. The molecule has 1 aromatic heterocycles. The predicted octanol–water partition coefficient (Wildman–Crippen LogP) is 3.95. The molecule has 2 nitrogen and oxygen atoms in total. The van der Waals surface area contributed by atoms with Crippen LogP contribution in [-0.2, 0) is 0 Å². The Morgan fingerprint density at radius 2 is 1.64 bits per heavy atom. The number of hydrogen-bond donors (Lipinski definition) is 0. The standard InChI is InChI=1S/C11H8O2S/c1-7-2-3-8-9(4-7)13-11-6-14-5-10(11)12-8/h2-6H,1H3. The molecule has 0 bridgehead atoms. The van der Waals surface area contributed by atoms with Crippen LogP contribution in [-0.4, -0.2) is 0 Å². The molecule has 0 atom stereocenters. The van der Waals surface area contributed by atoms with Gasteiger partial charge >= 0.3 is 0 Å². The molecule has 0 spiro atoms. The van der Waals surface area contributed by atoms with Gasteiger partial charge in [0.25, 0.3) is 0 Å². The van der Waals surface area contributed by atoms with Crippen molar-refractivity contribution >= 4 is 11.3 Å². The van der Waals surface area contributed by atoms with Crippen LogP contribution in [0.1, 0.15) is 5.56 Å². The first-order valence-electron chi connectivity index (χ1n) is 4.35. The molecule has 0 unspecified atom stereocenters. The van der Waals surface area contributed by atoms with Gasteiger partial charge in [-0.25, -0.2) is 0 Å². The van der Waals surface area contributed by atoms with Crippen molar-refractivity contribution in [2.45, 2.75) is 6.92 Å². The van der Waals surface area contributed by atoms with Gasteiger partial charge in [-0.2, -0.15) is 0 Å². The monoisotopic (exact) mass is 204 g/mol. The largest absolute Gasteiger partial charge is 0.449 e. The Morgan fingerprint density at radius 3 is 2.43 bits per heavy atom. The fourth-order valence-corrected chi connectivity index (χ4v) is 2.08. The summed E-state index contributed by atoms with van der Waals surface area (Å²) in [5, 5.41) is 3.89. The quantitative estimate of drug-likeness (QED) is 0.552. The van der Waals surface area contributed by atoms with Crippen molar-refractivity contribution in [1.29, 1.82) is 0 Å². The van der Waals surface area contributed by atoms with E-state index in [1.807, 2.05) is 35.9 Å². The SMILES string of the molecule is Cc1ccc2c(c1)Oc1cscc1O2. The van der Waals surface area contributed by atoms with Crippen molar-refractivity contribution in [3.05, 3.63) is 34.5 Å². The minimum absolute atomic E-state index is 0.793. The molecular formula is C11H8O2S. The van der Waals surface area contributed by atoms with Gasteiger partial charge in [0.2, 0.25) is 0 Å². The van der Waals surface area contributed by atoms with E-state index in [1.165, 1.54) is 5.56 Å². The highest BCUT2D eigenvalue weighted by Crippen LogP contribution is 2.46. The van der Waals surface area contributed by atoms with Gasteiger partial charge in [0, 0.05) is 10.8 Å². The van der Waals surface area contributed by atoms with Gasteiger partial charge in [0.15, 0.2) is 23.0 Å². The van der Waals surface area contributed by atoms with Gasteiger partial charge in [-0.15, -0.1) is 11.3 Å². The van der Waals surface area contributed by atoms with Crippen LogP contribution in [0.25, 0.3) is 0 Å². The summed E-state index contributed by atoms with van der Waals surface area (Å²) < 4.78 is 11.3. The lowest BCUT2D eigenvalue weighted by molar-refractivity contribution is 0.362. The number of aryl methyl sites for hydroxylation is 1. The minimum atomic E-state index is 0.793. The molecular weight excluding hydrogens is 196 g/mol. The van der Waals surface area contributed by atoms with Crippen LogP contribution in [0, 0.1) is 6.92 Å². The third kappa shape index (κ3) is 1.09. The third-order valence-corrected chi connectivity index (χ3v) is 2.83. The highest BCUT2D eigenvalue weighted by molar-refractivity contribution is 7.08. The zero-order valence-corrected chi connectivity index (χ0v) is 8.43. The minimum Gasteiger partial charge on any atom is -0.449 e. The summed E-state index contributed by atoms with van der Waals surface area (Å²) in [4.78, 5) is 0. The zero-order chi connectivity index (χ0) is 9.54. The van der Waals surface area contributed by atoms with Crippen LogP contribution >= 0.6 is 11.3 Å². The van der Waals surface area contributed by atoms with E-state index in [2.05, 4.69) is 0 Å². The highest BCUT2D eigenvalue weighted by Gasteiger charge is 2.18. The van der Waals surface area contributed by atoms with E-state index in [4.69, 9.17) is 9.47 Å². The summed E-state index contributed by atoms with van der Waals surface area (Å²) in [6, 6.07) is 5.93. The summed E-state index contributed by atoms with van der Waals surface area (Å²) in [7, 11) is 0. The Labute approximate surface area is 85.7 Å². The van der Waals surface area contributed by atoms with Gasteiger partial charge in [-0.1, -0.05) is 6.07 Å². The van der Waals surface area contributed by atoms with Crippen molar-refractivity contribution in [2.24, 2.45) is 0 Å². The first-order valence-corrected chi connectivity index (χ1v) is 5.30. The molecule has 2 heterocycles. The maximum atomic E-state index is 5.68. The van der Waals surface area contributed by atoms with E-state index in [0.717, 1.165) is 23.0 Å². The molecule has 0 radical (unpaired) electrons. The van der Waals surface area contributed by atoms with Crippen LogP contribution in [0.4, 0.5) is 0 Å². The van der Waals surface area contributed by atoms with E-state index >= 15 is 0 Å². The van der Waals surface area contributed by atoms with Crippen LogP contribution < -0.4 is 9.47 Å². The third-order valence-electron chi connectivity index (χ3n) is 2.13. The predicted molar refractivity (Wildman–Crippen MR) is 55.6 cm³/mol. The van der Waals surface area contributed by atoms with Crippen molar-refractivity contribution in [2.75, 3.05) is 0 Å². The second kappa shape index (κ2) is 2.75. The molecule has 0 N–H and O–H groups in total. The Morgan fingerprint density at radius 1 is 0.929 bits per heavy atom. The number of fused-ring (bicyclic) bond motifs is 2. The lowest BCUT2D eigenvalue weighted by Crippen LogP contribution is -1.96. The number of ether oxygens (including phenoxy) is 2. The number of hydrogen-bond acceptors (Lipinski definition) is 3. The second-order valence-electron chi connectivity index (χ2n) is 3.25. The van der Waals surface area contributed by atoms with Crippen molar-refractivity contribution in [3.63, 3.8) is 0 Å². The molecule has 14 heavy (non-hydrogen) atoms. The fourth-order valence-electron chi connectivity index (χ4n) is 1.44. The molecule has 0 aliphatic carbocycles. The summed E-state index contributed by atoms with van der Waals surface area (Å²) in [6.45, 7) is 2.03. The molecule has 0 fully saturated rings. The molecule has 0 amide bonds. The molecule has 0 saturated heterocycles. The van der Waals surface area contributed by atoms with E-state index in [0.29, 0.717) is 0 Å². The summed E-state index contributed by atoms with van der Waals surface area (Å²) >= 11 is 1.58. The van der Waals surface area contributed by atoms with E-state index in [-0.39, 0.29) is 0 Å². The molecule has 70 valence electrons. The lowest BCUT2D eigenvalue weighted by Gasteiger charge is -2.17. The number of thiophene rings is 1. The van der Waals surface area contributed by atoms with Gasteiger partial charge in [0.05, 0.1) is 0 Å². The van der Waals surface area contributed by atoms with Crippen LogP contribution in [0.5, 0.6) is 23.0 Å². The van der Waals surface area contributed by atoms with E-state index in [9.17, 15) is 0 Å². The summed E-state index contributed by atoms with van der Waals surface area (Å²) in [5.74, 6) is 3.22. The number of benzene rings is 1. The maximum absolute atomic E-state index is 5.68. The van der Waals surface area contributed by atoms with Crippen molar-refractivity contribution in [1.82, 2.24) is 0 Å². The fraction of sp³-hybridized carbons (Fsp3) is 0.0909. The Balaban J connectivity index is 2.12. The van der Waals surface area contributed by atoms with E-state index in [1.54, 1.807) is 11.3 Å². The molecule has 1 aliphatic heterocycles. The maximum Gasteiger partial charge on any atom is 0.180 e. The van der Waals surface area contributed by atoms with Gasteiger partial charge < -0.3 is 9.47 Å². The molecule has 3 heteroatoms. The first-order chi connectivity index (χ1) is 6.83. The highest BCUT2D eigenvalue weighted by atomic mass is 32.1. The Bertz CT molecular complexity index is 488. The van der Waals surface area contributed by atoms with Crippen LogP contribution in [0.3, 0.4) is 0 Å². The topological polar surface area (TPSA) is 18.5 Å². The van der Waals surface area contributed by atoms with E-state index < -0.39 is 0 Å². The molecule has 1 aromatic carbocycles. The Hall–Kier alpha value is -1.48. The van der Waals surface area contributed by atoms with Crippen molar-refractivity contribution < 1.29 is 9.47 Å². The van der Waals surface area contributed by atoms with Gasteiger partial charge in [0.1, 0.15) is 0 Å². The zero-order valence-electron chi connectivity index (χ0n) is 7.61. The average molecular weight is 204 g/mol. The number of rotatable bonds is 0. The molecule has 0 saturated carbocycles. The molecule has 3 rings (SSSR count). The smallest absolute Gasteiger partial charge is 0.180 e. The molecule has 1 aliphatic rings. The Kier molecular flexibility index (Phi) is 1.55.